The van der Waals surface area contributed by atoms with Crippen LogP contribution >= 0.6 is 15.9 Å². The van der Waals surface area contributed by atoms with Gasteiger partial charge in [0.05, 0.1) is 0 Å². The molecule has 0 amide bonds. The molecule has 0 spiro atoms. The molecule has 0 aliphatic heterocycles. The van der Waals surface area contributed by atoms with Crippen molar-refractivity contribution in [2.75, 3.05) is 5.33 Å². The summed E-state index contributed by atoms with van der Waals surface area (Å²) in [6, 6.07) is 0. The van der Waals surface area contributed by atoms with Crippen molar-refractivity contribution < 1.29 is 0 Å². The first-order chi connectivity index (χ1) is 4.54. The van der Waals surface area contributed by atoms with Crippen LogP contribution < -0.4 is 0 Å². The van der Waals surface area contributed by atoms with E-state index in [-0.39, 0.29) is 0 Å². The van der Waals surface area contributed by atoms with E-state index in [0.29, 0.717) is 5.41 Å². The number of rotatable bonds is 4. The molecule has 0 aliphatic rings. The zero-order valence-corrected chi connectivity index (χ0v) is 9.16. The van der Waals surface area contributed by atoms with Crippen molar-refractivity contribution in [1.82, 2.24) is 0 Å². The summed E-state index contributed by atoms with van der Waals surface area (Å²) in [6.07, 6.45) is 2.60. The fraction of sp³-hybridized carbons (Fsp3) is 1.00. The topological polar surface area (TPSA) is 0 Å². The van der Waals surface area contributed by atoms with Gasteiger partial charge >= 0.3 is 0 Å². The maximum absolute atomic E-state index is 3.56. The largest absolute Gasteiger partial charge is 0.0922 e. The lowest BCUT2D eigenvalue weighted by molar-refractivity contribution is 0.286. The Labute approximate surface area is 73.5 Å². The van der Waals surface area contributed by atoms with Gasteiger partial charge in [-0.2, -0.15) is 0 Å². The summed E-state index contributed by atoms with van der Waals surface area (Å²) in [5.74, 6) is 0.822. The predicted molar refractivity (Wildman–Crippen MR) is 51.6 cm³/mol. The Morgan fingerprint density at radius 2 is 1.90 bits per heavy atom. The second-order valence-electron chi connectivity index (χ2n) is 3.90. The van der Waals surface area contributed by atoms with Crippen LogP contribution in [0.5, 0.6) is 0 Å². The van der Waals surface area contributed by atoms with Crippen LogP contribution in [0.15, 0.2) is 0 Å². The average molecular weight is 207 g/mol. The quantitative estimate of drug-likeness (QED) is 0.614. The highest BCUT2D eigenvalue weighted by Gasteiger charge is 2.21. The van der Waals surface area contributed by atoms with Gasteiger partial charge in [-0.1, -0.05) is 43.6 Å². The zero-order chi connectivity index (χ0) is 8.20. The molecule has 0 fully saturated rings. The Morgan fingerprint density at radius 1 is 1.40 bits per heavy atom. The third-order valence-corrected chi connectivity index (χ3v) is 3.43. The SMILES string of the molecule is CCC(C)(CBr)CC(C)C. The Hall–Kier alpha value is 0.480. The number of hydrogen-bond donors (Lipinski definition) is 0. The lowest BCUT2D eigenvalue weighted by Crippen LogP contribution is -2.19. The molecule has 0 N–H and O–H groups in total. The van der Waals surface area contributed by atoms with Gasteiger partial charge in [-0.3, -0.25) is 0 Å². The Kier molecular flexibility index (Phi) is 4.59. The highest BCUT2D eigenvalue weighted by Crippen LogP contribution is 2.31. The van der Waals surface area contributed by atoms with Crippen LogP contribution in [0.4, 0.5) is 0 Å². The lowest BCUT2D eigenvalue weighted by atomic mass is 9.82. The van der Waals surface area contributed by atoms with E-state index in [9.17, 15) is 0 Å². The van der Waals surface area contributed by atoms with E-state index in [0.717, 1.165) is 11.2 Å². The van der Waals surface area contributed by atoms with Gasteiger partial charge in [0, 0.05) is 5.33 Å². The summed E-state index contributed by atoms with van der Waals surface area (Å²) < 4.78 is 0. The van der Waals surface area contributed by atoms with Crippen molar-refractivity contribution in [1.29, 1.82) is 0 Å². The second kappa shape index (κ2) is 4.38. The number of hydrogen-bond acceptors (Lipinski definition) is 0. The van der Waals surface area contributed by atoms with E-state index in [1.807, 2.05) is 0 Å². The summed E-state index contributed by atoms with van der Waals surface area (Å²) >= 11 is 3.56. The van der Waals surface area contributed by atoms with Crippen molar-refractivity contribution >= 4 is 15.9 Å². The van der Waals surface area contributed by atoms with Crippen molar-refractivity contribution in [2.24, 2.45) is 11.3 Å². The van der Waals surface area contributed by atoms with Gasteiger partial charge < -0.3 is 0 Å². The average Bonchev–Trinajstić information content (AvgIpc) is 1.87. The molecular weight excluding hydrogens is 188 g/mol. The third-order valence-electron chi connectivity index (χ3n) is 2.08. The highest BCUT2D eigenvalue weighted by atomic mass is 79.9. The minimum absolute atomic E-state index is 0.522. The van der Waals surface area contributed by atoms with E-state index in [1.165, 1.54) is 12.8 Å². The van der Waals surface area contributed by atoms with E-state index < -0.39 is 0 Å². The molecule has 0 saturated carbocycles. The molecule has 0 bridgehead atoms. The van der Waals surface area contributed by atoms with Crippen LogP contribution in [0.2, 0.25) is 0 Å². The summed E-state index contributed by atoms with van der Waals surface area (Å²) in [6.45, 7) is 9.19. The first kappa shape index (κ1) is 10.5. The van der Waals surface area contributed by atoms with Crippen LogP contribution in [0.3, 0.4) is 0 Å². The molecule has 0 saturated heterocycles. The van der Waals surface area contributed by atoms with Crippen LogP contribution in [-0.2, 0) is 0 Å². The fourth-order valence-corrected chi connectivity index (χ4v) is 1.90. The van der Waals surface area contributed by atoms with Crippen LogP contribution in [-0.4, -0.2) is 5.33 Å². The van der Waals surface area contributed by atoms with Gasteiger partial charge in [0.25, 0.3) is 0 Å². The van der Waals surface area contributed by atoms with Crippen LogP contribution in [0.25, 0.3) is 0 Å². The van der Waals surface area contributed by atoms with Gasteiger partial charge in [-0.15, -0.1) is 0 Å². The summed E-state index contributed by atoms with van der Waals surface area (Å²) in [5, 5.41) is 1.13. The molecule has 0 nitrogen and oxygen atoms in total. The maximum atomic E-state index is 3.56. The van der Waals surface area contributed by atoms with Crippen molar-refractivity contribution in [2.45, 2.75) is 40.5 Å². The Balaban J connectivity index is 3.80. The van der Waals surface area contributed by atoms with E-state index in [1.54, 1.807) is 0 Å². The molecule has 0 aromatic rings. The minimum Gasteiger partial charge on any atom is -0.0922 e. The fourth-order valence-electron chi connectivity index (χ4n) is 1.28. The summed E-state index contributed by atoms with van der Waals surface area (Å²) in [4.78, 5) is 0. The molecule has 0 radical (unpaired) electrons. The molecule has 0 heterocycles. The molecule has 0 aliphatic carbocycles. The molecule has 10 heavy (non-hydrogen) atoms. The van der Waals surface area contributed by atoms with Gasteiger partial charge in [0.2, 0.25) is 0 Å². The van der Waals surface area contributed by atoms with E-state index in [4.69, 9.17) is 0 Å². The zero-order valence-electron chi connectivity index (χ0n) is 7.58. The van der Waals surface area contributed by atoms with Gasteiger partial charge in [-0.25, -0.2) is 0 Å². The number of alkyl halides is 1. The third kappa shape index (κ3) is 3.60. The molecule has 0 aromatic carbocycles. The molecular formula is C9H19Br. The second-order valence-corrected chi connectivity index (χ2v) is 4.46. The maximum Gasteiger partial charge on any atom is 0.00853 e. The Morgan fingerprint density at radius 3 is 2.00 bits per heavy atom. The monoisotopic (exact) mass is 206 g/mol. The van der Waals surface area contributed by atoms with Crippen molar-refractivity contribution in [3.63, 3.8) is 0 Å². The van der Waals surface area contributed by atoms with Crippen LogP contribution in [0, 0.1) is 11.3 Å². The van der Waals surface area contributed by atoms with Crippen molar-refractivity contribution in [3.05, 3.63) is 0 Å². The van der Waals surface area contributed by atoms with Gasteiger partial charge in [-0.05, 0) is 24.2 Å². The minimum atomic E-state index is 0.522. The summed E-state index contributed by atoms with van der Waals surface area (Å²) in [5.41, 5.74) is 0.522. The predicted octanol–water partition coefficient (Wildman–Crippen LogP) is 3.84. The molecule has 0 rings (SSSR count). The molecule has 1 atom stereocenters. The molecule has 1 heteroatoms. The smallest absolute Gasteiger partial charge is 0.00853 e. The van der Waals surface area contributed by atoms with Crippen LogP contribution in [0.1, 0.15) is 40.5 Å². The standard InChI is InChI=1S/C9H19Br/c1-5-9(4,7-10)6-8(2)3/h8H,5-7H2,1-4H3. The van der Waals surface area contributed by atoms with Crippen molar-refractivity contribution in [3.8, 4) is 0 Å². The molecule has 62 valence electrons. The number of halogens is 1. The van der Waals surface area contributed by atoms with E-state index in [2.05, 4.69) is 43.6 Å². The summed E-state index contributed by atoms with van der Waals surface area (Å²) in [7, 11) is 0. The lowest BCUT2D eigenvalue weighted by Gasteiger charge is -2.27. The van der Waals surface area contributed by atoms with Gasteiger partial charge in [0.15, 0.2) is 0 Å². The first-order valence-electron chi connectivity index (χ1n) is 4.10. The Bertz CT molecular complexity index is 82.7. The van der Waals surface area contributed by atoms with Gasteiger partial charge in [0.1, 0.15) is 0 Å². The highest BCUT2D eigenvalue weighted by molar-refractivity contribution is 9.09. The first-order valence-corrected chi connectivity index (χ1v) is 5.22. The normalized spacial score (nSPS) is 17.4. The van der Waals surface area contributed by atoms with E-state index >= 15 is 0 Å². The molecule has 0 aromatic heterocycles. The molecule has 1 unspecified atom stereocenters.